The minimum Gasteiger partial charge on any atom is -0.508 e. The maximum atomic E-state index is 9.22. The molecule has 0 saturated heterocycles. The second-order valence-electron chi connectivity index (χ2n) is 3.39. The molecule has 0 amide bonds. The zero-order chi connectivity index (χ0) is 9.35. The number of phenols is 1. The molecule has 66 valence electrons. The topological polar surface area (TPSA) is 46.2 Å². The van der Waals surface area contributed by atoms with Crippen molar-refractivity contribution in [1.29, 1.82) is 0 Å². The average molecular weight is 230 g/mol. The molecule has 0 aliphatic heterocycles. The van der Waals surface area contributed by atoms with Gasteiger partial charge in [-0.05, 0) is 37.6 Å². The summed E-state index contributed by atoms with van der Waals surface area (Å²) in [7, 11) is 0. The van der Waals surface area contributed by atoms with Gasteiger partial charge >= 0.3 is 0 Å². The Morgan fingerprint density at radius 3 is 2.42 bits per heavy atom. The highest BCUT2D eigenvalue weighted by atomic mass is 79.9. The van der Waals surface area contributed by atoms with E-state index in [0.717, 1.165) is 10.0 Å². The van der Waals surface area contributed by atoms with Crippen LogP contribution in [0.2, 0.25) is 0 Å². The summed E-state index contributed by atoms with van der Waals surface area (Å²) in [6.07, 6.45) is 0. The number of rotatable bonds is 1. The summed E-state index contributed by atoms with van der Waals surface area (Å²) in [5.74, 6) is 0.242. The molecule has 3 heteroatoms. The summed E-state index contributed by atoms with van der Waals surface area (Å²) in [4.78, 5) is 0. The van der Waals surface area contributed by atoms with Crippen LogP contribution in [0.1, 0.15) is 19.4 Å². The highest BCUT2D eigenvalue weighted by Crippen LogP contribution is 2.29. The summed E-state index contributed by atoms with van der Waals surface area (Å²) in [6.45, 7) is 3.79. The monoisotopic (exact) mass is 229 g/mol. The van der Waals surface area contributed by atoms with E-state index in [1.165, 1.54) is 0 Å². The summed E-state index contributed by atoms with van der Waals surface area (Å²) < 4.78 is 0.924. The first kappa shape index (κ1) is 9.55. The largest absolute Gasteiger partial charge is 0.508 e. The van der Waals surface area contributed by atoms with E-state index in [-0.39, 0.29) is 5.75 Å². The molecule has 1 aromatic rings. The lowest BCUT2D eigenvalue weighted by atomic mass is 9.96. The number of phenolic OH excluding ortho intramolecular Hbond substituents is 1. The molecule has 0 atom stereocenters. The van der Waals surface area contributed by atoms with Gasteiger partial charge in [-0.15, -0.1) is 0 Å². The first-order valence-electron chi connectivity index (χ1n) is 3.69. The van der Waals surface area contributed by atoms with Crippen molar-refractivity contribution in [2.24, 2.45) is 5.73 Å². The Morgan fingerprint density at radius 1 is 1.42 bits per heavy atom. The van der Waals surface area contributed by atoms with E-state index < -0.39 is 5.54 Å². The van der Waals surface area contributed by atoms with Crippen LogP contribution in [0.15, 0.2) is 22.7 Å². The Hall–Kier alpha value is -0.540. The van der Waals surface area contributed by atoms with Crippen LogP contribution in [-0.4, -0.2) is 5.11 Å². The molecule has 1 aromatic carbocycles. The van der Waals surface area contributed by atoms with Crippen molar-refractivity contribution in [3.63, 3.8) is 0 Å². The number of benzene rings is 1. The molecular formula is C9H12BrNO. The van der Waals surface area contributed by atoms with Gasteiger partial charge in [0.15, 0.2) is 0 Å². The van der Waals surface area contributed by atoms with Gasteiger partial charge in [0.05, 0.1) is 0 Å². The standard InChI is InChI=1S/C9H12BrNO/c1-9(2,11)7-5-6(12)3-4-8(7)10/h3-5,12H,11H2,1-2H3. The van der Waals surface area contributed by atoms with Gasteiger partial charge in [-0.1, -0.05) is 15.9 Å². The second kappa shape index (κ2) is 3.07. The van der Waals surface area contributed by atoms with Gasteiger partial charge in [0.1, 0.15) is 5.75 Å². The van der Waals surface area contributed by atoms with Crippen LogP contribution in [0.4, 0.5) is 0 Å². The van der Waals surface area contributed by atoms with Crippen LogP contribution in [0.25, 0.3) is 0 Å². The van der Waals surface area contributed by atoms with E-state index in [4.69, 9.17) is 5.73 Å². The fraction of sp³-hybridized carbons (Fsp3) is 0.333. The average Bonchev–Trinajstić information content (AvgIpc) is 1.92. The third-order valence-electron chi connectivity index (χ3n) is 1.64. The van der Waals surface area contributed by atoms with Gasteiger partial charge < -0.3 is 10.8 Å². The third-order valence-corrected chi connectivity index (χ3v) is 2.34. The van der Waals surface area contributed by atoms with E-state index >= 15 is 0 Å². The van der Waals surface area contributed by atoms with Gasteiger partial charge in [0.25, 0.3) is 0 Å². The van der Waals surface area contributed by atoms with E-state index in [2.05, 4.69) is 15.9 Å². The minimum atomic E-state index is -0.433. The van der Waals surface area contributed by atoms with Crippen molar-refractivity contribution in [3.05, 3.63) is 28.2 Å². The quantitative estimate of drug-likeness (QED) is 0.777. The summed E-state index contributed by atoms with van der Waals surface area (Å²) in [5, 5.41) is 9.22. The fourth-order valence-electron chi connectivity index (χ4n) is 1.01. The maximum Gasteiger partial charge on any atom is 0.116 e. The molecule has 0 aromatic heterocycles. The summed E-state index contributed by atoms with van der Waals surface area (Å²) in [5.41, 5.74) is 6.36. The first-order chi connectivity index (χ1) is 5.41. The van der Waals surface area contributed by atoms with Gasteiger partial charge in [-0.3, -0.25) is 0 Å². The fourth-order valence-corrected chi connectivity index (χ4v) is 1.76. The molecule has 1 rings (SSSR count). The molecule has 0 heterocycles. The highest BCUT2D eigenvalue weighted by molar-refractivity contribution is 9.10. The van der Waals surface area contributed by atoms with Crippen LogP contribution in [0.5, 0.6) is 5.75 Å². The molecular weight excluding hydrogens is 218 g/mol. The van der Waals surface area contributed by atoms with E-state index in [1.54, 1.807) is 18.2 Å². The smallest absolute Gasteiger partial charge is 0.116 e. The number of nitrogens with two attached hydrogens (primary N) is 1. The molecule has 0 aliphatic rings. The van der Waals surface area contributed by atoms with Crippen molar-refractivity contribution in [2.75, 3.05) is 0 Å². The maximum absolute atomic E-state index is 9.22. The van der Waals surface area contributed by atoms with Crippen molar-refractivity contribution < 1.29 is 5.11 Å². The Balaban J connectivity index is 3.23. The molecule has 0 spiro atoms. The second-order valence-corrected chi connectivity index (χ2v) is 4.24. The molecule has 0 unspecified atom stereocenters. The molecule has 12 heavy (non-hydrogen) atoms. The summed E-state index contributed by atoms with van der Waals surface area (Å²) >= 11 is 3.38. The lowest BCUT2D eigenvalue weighted by Gasteiger charge is -2.20. The normalized spacial score (nSPS) is 11.7. The van der Waals surface area contributed by atoms with Gasteiger partial charge in [0, 0.05) is 10.0 Å². The molecule has 0 bridgehead atoms. The number of hydrogen-bond acceptors (Lipinski definition) is 2. The molecule has 2 nitrogen and oxygen atoms in total. The van der Waals surface area contributed by atoms with Crippen LogP contribution in [-0.2, 0) is 5.54 Å². The van der Waals surface area contributed by atoms with Crippen LogP contribution >= 0.6 is 15.9 Å². The van der Waals surface area contributed by atoms with Crippen LogP contribution in [0, 0.1) is 0 Å². The molecule has 0 aliphatic carbocycles. The van der Waals surface area contributed by atoms with Crippen molar-refractivity contribution >= 4 is 15.9 Å². The Labute approximate surface area is 80.5 Å². The molecule has 0 radical (unpaired) electrons. The summed E-state index contributed by atoms with van der Waals surface area (Å²) in [6, 6.07) is 5.09. The van der Waals surface area contributed by atoms with Gasteiger partial charge in [-0.2, -0.15) is 0 Å². The van der Waals surface area contributed by atoms with Gasteiger partial charge in [-0.25, -0.2) is 0 Å². The Kier molecular flexibility index (Phi) is 2.44. The van der Waals surface area contributed by atoms with Crippen molar-refractivity contribution in [3.8, 4) is 5.75 Å². The zero-order valence-corrected chi connectivity index (χ0v) is 8.72. The number of halogens is 1. The minimum absolute atomic E-state index is 0.242. The Bertz CT molecular complexity index is 291. The number of aromatic hydroxyl groups is 1. The van der Waals surface area contributed by atoms with Crippen molar-refractivity contribution in [1.82, 2.24) is 0 Å². The lowest BCUT2D eigenvalue weighted by Crippen LogP contribution is -2.28. The van der Waals surface area contributed by atoms with Crippen molar-refractivity contribution in [2.45, 2.75) is 19.4 Å². The van der Waals surface area contributed by atoms with Crippen LogP contribution in [0.3, 0.4) is 0 Å². The van der Waals surface area contributed by atoms with E-state index in [0.29, 0.717) is 0 Å². The third kappa shape index (κ3) is 1.99. The SMILES string of the molecule is CC(C)(N)c1cc(O)ccc1Br. The van der Waals surface area contributed by atoms with Gasteiger partial charge in [0.2, 0.25) is 0 Å². The number of hydrogen-bond donors (Lipinski definition) is 2. The first-order valence-corrected chi connectivity index (χ1v) is 4.48. The molecule has 3 N–H and O–H groups in total. The van der Waals surface area contributed by atoms with E-state index in [1.807, 2.05) is 13.8 Å². The highest BCUT2D eigenvalue weighted by Gasteiger charge is 2.17. The van der Waals surface area contributed by atoms with E-state index in [9.17, 15) is 5.11 Å². The predicted octanol–water partition coefficient (Wildman–Crippen LogP) is 2.35. The predicted molar refractivity (Wildman–Crippen MR) is 53.0 cm³/mol. The Morgan fingerprint density at radius 2 is 2.00 bits per heavy atom. The molecule has 0 saturated carbocycles. The molecule has 0 fully saturated rings. The lowest BCUT2D eigenvalue weighted by molar-refractivity contribution is 0.469. The zero-order valence-electron chi connectivity index (χ0n) is 7.13. The van der Waals surface area contributed by atoms with Crippen LogP contribution < -0.4 is 5.73 Å².